The highest BCUT2D eigenvalue weighted by Gasteiger charge is 2.21. The minimum Gasteiger partial charge on any atom is -0.328 e. The molecule has 1 aliphatic rings. The molecule has 0 bridgehead atoms. The average Bonchev–Trinajstić information content (AvgIpc) is 3.09. The number of aryl methyl sites for hydroxylation is 1. The first-order valence-corrected chi connectivity index (χ1v) is 8.77. The van der Waals surface area contributed by atoms with Gasteiger partial charge in [0.2, 0.25) is 0 Å². The number of nitrogens with zero attached hydrogens (tertiary/aromatic N) is 3. The van der Waals surface area contributed by atoms with Crippen LogP contribution in [-0.2, 0) is 19.5 Å². The number of pyridine rings is 1. The fraction of sp³-hybridized carbons (Fsp3) is 0.250. The second kappa shape index (κ2) is 7.09. The van der Waals surface area contributed by atoms with Gasteiger partial charge in [0.15, 0.2) is 5.69 Å². The molecule has 1 amide bonds. The maximum Gasteiger partial charge on any atom is 0.299 e. The van der Waals surface area contributed by atoms with E-state index in [1.165, 1.54) is 5.56 Å². The number of aromatic amines is 1. The van der Waals surface area contributed by atoms with Crippen molar-refractivity contribution in [3.05, 3.63) is 82.2 Å². The SMILES string of the molecule is Cc1ccc(Cn2ccccc2=NC(=O)c2n[nH]c3c2CNCC3)cc1. The minimum absolute atomic E-state index is 0.310. The van der Waals surface area contributed by atoms with Gasteiger partial charge in [0, 0.05) is 43.5 Å². The van der Waals surface area contributed by atoms with Gasteiger partial charge in [-0.15, -0.1) is 0 Å². The summed E-state index contributed by atoms with van der Waals surface area (Å²) in [5.41, 5.74) is 5.39. The Labute approximate surface area is 151 Å². The number of hydrogen-bond donors (Lipinski definition) is 2. The molecule has 132 valence electrons. The van der Waals surface area contributed by atoms with Gasteiger partial charge >= 0.3 is 0 Å². The molecule has 0 aliphatic carbocycles. The van der Waals surface area contributed by atoms with Crippen LogP contribution < -0.4 is 10.8 Å². The largest absolute Gasteiger partial charge is 0.328 e. The Morgan fingerprint density at radius 2 is 2.08 bits per heavy atom. The Kier molecular flexibility index (Phi) is 4.50. The quantitative estimate of drug-likeness (QED) is 0.760. The van der Waals surface area contributed by atoms with Crippen molar-refractivity contribution < 1.29 is 4.79 Å². The monoisotopic (exact) mass is 347 g/mol. The zero-order chi connectivity index (χ0) is 17.9. The molecule has 2 N–H and O–H groups in total. The van der Waals surface area contributed by atoms with Crippen molar-refractivity contribution in [2.45, 2.75) is 26.4 Å². The smallest absolute Gasteiger partial charge is 0.299 e. The summed E-state index contributed by atoms with van der Waals surface area (Å²) in [5.74, 6) is -0.310. The predicted octanol–water partition coefficient (Wildman–Crippen LogP) is 1.95. The van der Waals surface area contributed by atoms with Gasteiger partial charge in [-0.2, -0.15) is 10.1 Å². The van der Waals surface area contributed by atoms with Gasteiger partial charge in [-0.1, -0.05) is 35.9 Å². The summed E-state index contributed by atoms with van der Waals surface area (Å²) in [6.45, 7) is 4.28. The first kappa shape index (κ1) is 16.5. The molecule has 0 saturated heterocycles. The highest BCUT2D eigenvalue weighted by atomic mass is 16.1. The van der Waals surface area contributed by atoms with E-state index in [1.807, 2.05) is 29.0 Å². The van der Waals surface area contributed by atoms with Crippen molar-refractivity contribution in [1.82, 2.24) is 20.1 Å². The molecular formula is C20H21N5O. The molecule has 0 unspecified atom stereocenters. The number of aromatic nitrogens is 3. The van der Waals surface area contributed by atoms with Gasteiger partial charge in [0.25, 0.3) is 5.91 Å². The highest BCUT2D eigenvalue weighted by Crippen LogP contribution is 2.15. The standard InChI is InChI=1S/C20H21N5O/c1-14-5-7-15(8-6-14)13-25-11-3-2-4-18(25)22-20(26)19-16-12-21-10-9-17(16)23-24-19/h2-8,11,21H,9-10,12-13H2,1H3,(H,23,24). The lowest BCUT2D eigenvalue weighted by Gasteiger charge is -2.12. The summed E-state index contributed by atoms with van der Waals surface area (Å²) in [7, 11) is 0. The molecule has 6 heteroatoms. The van der Waals surface area contributed by atoms with E-state index in [9.17, 15) is 4.79 Å². The van der Waals surface area contributed by atoms with Crippen LogP contribution in [0.5, 0.6) is 0 Å². The molecule has 3 heterocycles. The molecule has 4 rings (SSSR count). The van der Waals surface area contributed by atoms with E-state index in [-0.39, 0.29) is 5.91 Å². The van der Waals surface area contributed by atoms with Gasteiger partial charge in [0.05, 0.1) is 0 Å². The number of H-pyrrole nitrogens is 1. The zero-order valence-corrected chi connectivity index (χ0v) is 14.7. The van der Waals surface area contributed by atoms with E-state index in [2.05, 4.69) is 51.7 Å². The molecule has 0 radical (unpaired) electrons. The molecule has 0 atom stereocenters. The van der Waals surface area contributed by atoms with E-state index in [0.29, 0.717) is 24.3 Å². The lowest BCUT2D eigenvalue weighted by atomic mass is 10.1. The molecule has 1 aliphatic heterocycles. The Bertz CT molecular complexity index is 998. The van der Waals surface area contributed by atoms with Crippen molar-refractivity contribution in [2.24, 2.45) is 4.99 Å². The van der Waals surface area contributed by atoms with Crippen molar-refractivity contribution in [3.63, 3.8) is 0 Å². The van der Waals surface area contributed by atoms with Crippen LogP contribution in [0.1, 0.15) is 32.9 Å². The summed E-state index contributed by atoms with van der Waals surface area (Å²) < 4.78 is 1.97. The zero-order valence-electron chi connectivity index (χ0n) is 14.7. The van der Waals surface area contributed by atoms with Gasteiger partial charge in [-0.25, -0.2) is 0 Å². The number of rotatable bonds is 3. The predicted molar refractivity (Wildman–Crippen MR) is 98.6 cm³/mol. The Hall–Kier alpha value is -2.99. The van der Waals surface area contributed by atoms with Crippen LogP contribution in [0.3, 0.4) is 0 Å². The molecule has 1 aromatic carbocycles. The molecule has 0 fully saturated rings. The Morgan fingerprint density at radius 1 is 1.23 bits per heavy atom. The summed E-state index contributed by atoms with van der Waals surface area (Å²) >= 11 is 0. The van der Waals surface area contributed by atoms with Gasteiger partial charge in [0.1, 0.15) is 5.49 Å². The molecular weight excluding hydrogens is 326 g/mol. The average molecular weight is 347 g/mol. The molecule has 6 nitrogen and oxygen atoms in total. The van der Waals surface area contributed by atoms with Gasteiger partial charge in [-0.3, -0.25) is 9.89 Å². The molecule has 0 spiro atoms. The number of amides is 1. The normalized spacial score (nSPS) is 14.3. The molecule has 3 aromatic rings. The lowest BCUT2D eigenvalue weighted by molar-refractivity contribution is 0.0991. The van der Waals surface area contributed by atoms with Crippen molar-refractivity contribution >= 4 is 5.91 Å². The van der Waals surface area contributed by atoms with Crippen molar-refractivity contribution in [3.8, 4) is 0 Å². The first-order chi connectivity index (χ1) is 12.7. The second-order valence-electron chi connectivity index (χ2n) is 6.55. The number of hydrogen-bond acceptors (Lipinski definition) is 3. The number of fused-ring (bicyclic) bond motifs is 1. The number of carbonyl (C=O) groups excluding carboxylic acids is 1. The van der Waals surface area contributed by atoms with Crippen LogP contribution >= 0.6 is 0 Å². The van der Waals surface area contributed by atoms with E-state index in [0.717, 1.165) is 29.8 Å². The summed E-state index contributed by atoms with van der Waals surface area (Å²) in [6.07, 6.45) is 2.79. The third-order valence-electron chi connectivity index (χ3n) is 4.62. The topological polar surface area (TPSA) is 75.1 Å². The van der Waals surface area contributed by atoms with E-state index < -0.39 is 0 Å². The van der Waals surface area contributed by atoms with Gasteiger partial charge in [-0.05, 0) is 24.6 Å². The molecule has 0 saturated carbocycles. The molecule has 2 aromatic heterocycles. The second-order valence-corrected chi connectivity index (χ2v) is 6.55. The maximum atomic E-state index is 12.7. The van der Waals surface area contributed by atoms with Crippen LogP contribution in [0.2, 0.25) is 0 Å². The highest BCUT2D eigenvalue weighted by molar-refractivity contribution is 5.94. The molecule has 26 heavy (non-hydrogen) atoms. The maximum absolute atomic E-state index is 12.7. The Morgan fingerprint density at radius 3 is 2.92 bits per heavy atom. The third-order valence-corrected chi connectivity index (χ3v) is 4.62. The fourth-order valence-electron chi connectivity index (χ4n) is 3.15. The Balaban J connectivity index is 1.66. The summed E-state index contributed by atoms with van der Waals surface area (Å²) in [4.78, 5) is 17.0. The number of nitrogens with one attached hydrogen (secondary N) is 2. The summed E-state index contributed by atoms with van der Waals surface area (Å²) in [5, 5.41) is 10.5. The lowest BCUT2D eigenvalue weighted by Crippen LogP contribution is -2.25. The van der Waals surface area contributed by atoms with Gasteiger partial charge < -0.3 is 9.88 Å². The van der Waals surface area contributed by atoms with Crippen LogP contribution in [0.15, 0.2) is 53.7 Å². The van der Waals surface area contributed by atoms with Crippen molar-refractivity contribution in [2.75, 3.05) is 6.54 Å². The number of carbonyl (C=O) groups is 1. The minimum atomic E-state index is -0.310. The van der Waals surface area contributed by atoms with Crippen molar-refractivity contribution in [1.29, 1.82) is 0 Å². The van der Waals surface area contributed by atoms with E-state index >= 15 is 0 Å². The van der Waals surface area contributed by atoms with E-state index in [4.69, 9.17) is 0 Å². The van der Waals surface area contributed by atoms with E-state index in [1.54, 1.807) is 0 Å². The van der Waals surface area contributed by atoms with Crippen LogP contribution in [0.4, 0.5) is 0 Å². The third kappa shape index (κ3) is 3.36. The van der Waals surface area contributed by atoms with Crippen LogP contribution in [-0.4, -0.2) is 27.2 Å². The van der Waals surface area contributed by atoms with Crippen LogP contribution in [0, 0.1) is 6.92 Å². The first-order valence-electron chi connectivity index (χ1n) is 8.77. The fourth-order valence-corrected chi connectivity index (χ4v) is 3.15. The van der Waals surface area contributed by atoms with Crippen LogP contribution in [0.25, 0.3) is 0 Å². The number of benzene rings is 1. The summed E-state index contributed by atoms with van der Waals surface area (Å²) in [6, 6.07) is 14.0.